The van der Waals surface area contributed by atoms with Gasteiger partial charge in [0.2, 0.25) is 0 Å². The molecular weight excluding hydrogens is 269 g/mol. The van der Waals surface area contributed by atoms with Crippen LogP contribution in [0.2, 0.25) is 0 Å². The van der Waals surface area contributed by atoms with Gasteiger partial charge in [0.1, 0.15) is 5.82 Å². The maximum Gasteiger partial charge on any atom is 0.308 e. The summed E-state index contributed by atoms with van der Waals surface area (Å²) in [6.07, 6.45) is 3.85. The first-order chi connectivity index (χ1) is 10.1. The third-order valence-corrected chi connectivity index (χ3v) is 4.15. The number of carbonyl (C=O) groups excluding carboxylic acids is 1. The summed E-state index contributed by atoms with van der Waals surface area (Å²) in [5.41, 5.74) is 1.06. The van der Waals surface area contributed by atoms with Gasteiger partial charge in [-0.1, -0.05) is 18.6 Å². The molecular formula is C17H24FNO2. The van der Waals surface area contributed by atoms with Crippen molar-refractivity contribution in [1.82, 2.24) is 5.32 Å². The molecule has 0 bridgehead atoms. The van der Waals surface area contributed by atoms with Crippen LogP contribution in [-0.2, 0) is 9.53 Å². The third kappa shape index (κ3) is 4.53. The Bertz CT molecular complexity index is 460. The molecule has 0 radical (unpaired) electrons. The van der Waals surface area contributed by atoms with Crippen LogP contribution >= 0.6 is 0 Å². The number of rotatable bonds is 5. The number of nitrogens with one attached hydrogen (secondary N) is 1. The number of hydrogen-bond donors (Lipinski definition) is 1. The zero-order valence-corrected chi connectivity index (χ0v) is 12.8. The molecule has 2 unspecified atom stereocenters. The van der Waals surface area contributed by atoms with Crippen molar-refractivity contribution in [1.29, 1.82) is 0 Å². The molecule has 1 N–H and O–H groups in total. The summed E-state index contributed by atoms with van der Waals surface area (Å²) in [5, 5.41) is 3.55. The molecule has 1 fully saturated rings. The predicted molar refractivity (Wildman–Crippen MR) is 80.3 cm³/mol. The van der Waals surface area contributed by atoms with Crippen molar-refractivity contribution in [2.24, 2.45) is 5.92 Å². The van der Waals surface area contributed by atoms with E-state index in [4.69, 9.17) is 4.74 Å². The molecule has 3 nitrogen and oxygen atoms in total. The van der Waals surface area contributed by atoms with Crippen LogP contribution in [0.1, 0.15) is 51.1 Å². The number of carbonyl (C=O) groups is 1. The second kappa shape index (κ2) is 7.55. The summed E-state index contributed by atoms with van der Waals surface area (Å²) in [5.74, 6) is -0.277. The van der Waals surface area contributed by atoms with Gasteiger partial charge in [-0.05, 0) is 50.8 Å². The Balaban J connectivity index is 1.89. The van der Waals surface area contributed by atoms with E-state index in [0.29, 0.717) is 12.6 Å². The average molecular weight is 293 g/mol. The second-order valence-electron chi connectivity index (χ2n) is 5.75. The smallest absolute Gasteiger partial charge is 0.308 e. The maximum atomic E-state index is 12.9. The Morgan fingerprint density at radius 3 is 2.76 bits per heavy atom. The molecule has 3 atom stereocenters. The topological polar surface area (TPSA) is 38.3 Å². The zero-order chi connectivity index (χ0) is 15.2. The third-order valence-electron chi connectivity index (χ3n) is 4.15. The standard InChI is InChI=1S/C17H24FNO2/c1-3-21-17(20)14-5-4-6-16(11-14)19-12(2)13-7-9-15(18)10-8-13/h7-10,12,14,16,19H,3-6,11H2,1-2H3/t12-,14?,16?/m0/s1. The second-order valence-corrected chi connectivity index (χ2v) is 5.75. The van der Waals surface area contributed by atoms with Crippen molar-refractivity contribution in [3.05, 3.63) is 35.6 Å². The lowest BCUT2D eigenvalue weighted by atomic mass is 9.85. The van der Waals surface area contributed by atoms with E-state index in [9.17, 15) is 9.18 Å². The summed E-state index contributed by atoms with van der Waals surface area (Å²) in [6.45, 7) is 4.35. The molecule has 1 aromatic carbocycles. The van der Waals surface area contributed by atoms with Gasteiger partial charge in [-0.2, -0.15) is 0 Å². The number of esters is 1. The maximum absolute atomic E-state index is 12.9. The minimum Gasteiger partial charge on any atom is -0.466 e. The fourth-order valence-corrected chi connectivity index (χ4v) is 3.02. The normalized spacial score (nSPS) is 23.6. The molecule has 1 saturated carbocycles. The number of ether oxygens (including phenoxy) is 1. The van der Waals surface area contributed by atoms with Crippen molar-refractivity contribution < 1.29 is 13.9 Å². The fraction of sp³-hybridized carbons (Fsp3) is 0.588. The summed E-state index contributed by atoms with van der Waals surface area (Å²) >= 11 is 0. The van der Waals surface area contributed by atoms with E-state index < -0.39 is 0 Å². The van der Waals surface area contributed by atoms with Gasteiger partial charge in [0.25, 0.3) is 0 Å². The fourth-order valence-electron chi connectivity index (χ4n) is 3.02. The van der Waals surface area contributed by atoms with E-state index >= 15 is 0 Å². The monoisotopic (exact) mass is 293 g/mol. The molecule has 0 spiro atoms. The highest BCUT2D eigenvalue weighted by Gasteiger charge is 2.28. The van der Waals surface area contributed by atoms with Gasteiger partial charge in [-0.25, -0.2) is 4.39 Å². The molecule has 0 aliphatic heterocycles. The molecule has 1 aliphatic carbocycles. The molecule has 0 aromatic heterocycles. The van der Waals surface area contributed by atoms with Gasteiger partial charge in [0.15, 0.2) is 0 Å². The Morgan fingerprint density at radius 2 is 2.10 bits per heavy atom. The van der Waals surface area contributed by atoms with Crippen molar-refractivity contribution in [3.8, 4) is 0 Å². The first kappa shape index (κ1) is 16.0. The minimum absolute atomic E-state index is 0.0108. The van der Waals surface area contributed by atoms with Crippen LogP contribution in [0.15, 0.2) is 24.3 Å². The quantitative estimate of drug-likeness (QED) is 0.843. The van der Waals surface area contributed by atoms with E-state index in [2.05, 4.69) is 12.2 Å². The Hall–Kier alpha value is -1.42. The summed E-state index contributed by atoms with van der Waals surface area (Å²) in [7, 11) is 0. The van der Waals surface area contributed by atoms with Crippen LogP contribution in [0.4, 0.5) is 4.39 Å². The molecule has 1 aromatic rings. The van der Waals surface area contributed by atoms with Crippen LogP contribution in [0.5, 0.6) is 0 Å². The molecule has 0 heterocycles. The van der Waals surface area contributed by atoms with Crippen LogP contribution < -0.4 is 5.32 Å². The Morgan fingerprint density at radius 1 is 1.38 bits per heavy atom. The van der Waals surface area contributed by atoms with Crippen LogP contribution in [0.3, 0.4) is 0 Å². The van der Waals surface area contributed by atoms with Gasteiger partial charge >= 0.3 is 5.97 Å². The van der Waals surface area contributed by atoms with Crippen LogP contribution in [0.25, 0.3) is 0 Å². The first-order valence-electron chi connectivity index (χ1n) is 7.78. The average Bonchev–Trinajstić information content (AvgIpc) is 2.48. The highest BCUT2D eigenvalue weighted by atomic mass is 19.1. The van der Waals surface area contributed by atoms with Crippen molar-refractivity contribution >= 4 is 5.97 Å². The SMILES string of the molecule is CCOC(=O)C1CCCC(N[C@@H](C)c2ccc(F)cc2)C1. The van der Waals surface area contributed by atoms with Gasteiger partial charge in [0, 0.05) is 12.1 Å². The molecule has 21 heavy (non-hydrogen) atoms. The van der Waals surface area contributed by atoms with Crippen LogP contribution in [0, 0.1) is 11.7 Å². The molecule has 4 heteroatoms. The van der Waals surface area contributed by atoms with Gasteiger partial charge in [0.05, 0.1) is 12.5 Å². The Labute approximate surface area is 125 Å². The molecule has 116 valence electrons. The van der Waals surface area contributed by atoms with Gasteiger partial charge < -0.3 is 10.1 Å². The lowest BCUT2D eigenvalue weighted by Gasteiger charge is -2.31. The van der Waals surface area contributed by atoms with Crippen molar-refractivity contribution in [2.45, 2.75) is 51.6 Å². The Kier molecular flexibility index (Phi) is 5.74. The lowest BCUT2D eigenvalue weighted by Crippen LogP contribution is -2.38. The zero-order valence-electron chi connectivity index (χ0n) is 12.8. The molecule has 2 rings (SSSR count). The predicted octanol–water partition coefficient (Wildman–Crippen LogP) is 3.60. The highest BCUT2D eigenvalue weighted by molar-refractivity contribution is 5.72. The lowest BCUT2D eigenvalue weighted by molar-refractivity contribution is -0.149. The van der Waals surface area contributed by atoms with E-state index in [0.717, 1.165) is 31.2 Å². The van der Waals surface area contributed by atoms with Gasteiger partial charge in [-0.3, -0.25) is 4.79 Å². The number of hydrogen-bond acceptors (Lipinski definition) is 3. The summed E-state index contributed by atoms with van der Waals surface area (Å²) in [4.78, 5) is 11.8. The minimum atomic E-state index is -0.217. The molecule has 0 amide bonds. The molecule has 0 saturated heterocycles. The van der Waals surface area contributed by atoms with E-state index in [-0.39, 0.29) is 23.7 Å². The van der Waals surface area contributed by atoms with E-state index in [1.807, 2.05) is 6.92 Å². The first-order valence-corrected chi connectivity index (χ1v) is 7.78. The largest absolute Gasteiger partial charge is 0.466 e. The number of benzene rings is 1. The number of halogens is 1. The van der Waals surface area contributed by atoms with Crippen molar-refractivity contribution in [2.75, 3.05) is 6.61 Å². The van der Waals surface area contributed by atoms with Crippen LogP contribution in [-0.4, -0.2) is 18.6 Å². The van der Waals surface area contributed by atoms with Crippen molar-refractivity contribution in [3.63, 3.8) is 0 Å². The van der Waals surface area contributed by atoms with Gasteiger partial charge in [-0.15, -0.1) is 0 Å². The summed E-state index contributed by atoms with van der Waals surface area (Å²) in [6, 6.07) is 7.04. The van der Waals surface area contributed by atoms with E-state index in [1.165, 1.54) is 12.1 Å². The highest BCUT2D eigenvalue weighted by Crippen LogP contribution is 2.27. The summed E-state index contributed by atoms with van der Waals surface area (Å²) < 4.78 is 18.1. The molecule has 1 aliphatic rings. The van der Waals surface area contributed by atoms with E-state index in [1.54, 1.807) is 12.1 Å².